The fourth-order valence-corrected chi connectivity index (χ4v) is 3.77. The average molecular weight is 387 g/mol. The number of anilines is 1. The number of piperazine rings is 1. The molecule has 142 valence electrons. The van der Waals surface area contributed by atoms with E-state index in [1.54, 1.807) is 0 Å². The summed E-state index contributed by atoms with van der Waals surface area (Å²) in [5.74, 6) is 1.63. The SMILES string of the molecule is Cc1ccc(Cl)cc1N1CCN(C(=O)Cc2ccc3c(c2)OCCO3)CC1. The van der Waals surface area contributed by atoms with Gasteiger partial charge >= 0.3 is 0 Å². The molecule has 6 heteroatoms. The molecule has 1 amide bonds. The van der Waals surface area contributed by atoms with E-state index in [1.165, 1.54) is 5.56 Å². The van der Waals surface area contributed by atoms with Gasteiger partial charge in [0.1, 0.15) is 13.2 Å². The van der Waals surface area contributed by atoms with E-state index in [2.05, 4.69) is 11.8 Å². The Morgan fingerprint density at radius 1 is 1.00 bits per heavy atom. The Kier molecular flexibility index (Phi) is 5.12. The van der Waals surface area contributed by atoms with Gasteiger partial charge in [0.15, 0.2) is 11.5 Å². The first-order valence-electron chi connectivity index (χ1n) is 9.27. The lowest BCUT2D eigenvalue weighted by Crippen LogP contribution is -2.49. The molecule has 0 bridgehead atoms. The number of nitrogens with zero attached hydrogens (tertiary/aromatic N) is 2. The van der Waals surface area contributed by atoms with Crippen LogP contribution in [0.3, 0.4) is 0 Å². The third-order valence-electron chi connectivity index (χ3n) is 5.11. The molecule has 0 spiro atoms. The van der Waals surface area contributed by atoms with E-state index in [1.807, 2.05) is 41.3 Å². The van der Waals surface area contributed by atoms with E-state index in [-0.39, 0.29) is 5.91 Å². The van der Waals surface area contributed by atoms with Crippen LogP contribution in [0.15, 0.2) is 36.4 Å². The average Bonchev–Trinajstić information content (AvgIpc) is 2.70. The summed E-state index contributed by atoms with van der Waals surface area (Å²) < 4.78 is 11.1. The Bertz CT molecular complexity index is 847. The Labute approximate surface area is 164 Å². The second-order valence-electron chi connectivity index (χ2n) is 6.95. The predicted octanol–water partition coefficient (Wildman–Crippen LogP) is 3.31. The van der Waals surface area contributed by atoms with E-state index in [9.17, 15) is 4.79 Å². The van der Waals surface area contributed by atoms with Crippen LogP contribution in [0.1, 0.15) is 11.1 Å². The summed E-state index contributed by atoms with van der Waals surface area (Å²) in [5, 5.41) is 0.743. The molecule has 0 N–H and O–H groups in total. The number of halogens is 1. The van der Waals surface area contributed by atoms with Crippen molar-refractivity contribution < 1.29 is 14.3 Å². The largest absolute Gasteiger partial charge is 0.486 e. The van der Waals surface area contributed by atoms with Crippen molar-refractivity contribution in [3.63, 3.8) is 0 Å². The number of fused-ring (bicyclic) bond motifs is 1. The number of amides is 1. The highest BCUT2D eigenvalue weighted by atomic mass is 35.5. The topological polar surface area (TPSA) is 42.0 Å². The van der Waals surface area contributed by atoms with Crippen molar-refractivity contribution in [3.05, 3.63) is 52.5 Å². The Morgan fingerprint density at radius 2 is 1.74 bits per heavy atom. The number of benzene rings is 2. The number of ether oxygens (including phenoxy) is 2. The maximum atomic E-state index is 12.7. The van der Waals surface area contributed by atoms with E-state index >= 15 is 0 Å². The van der Waals surface area contributed by atoms with Gasteiger partial charge in [-0.05, 0) is 42.3 Å². The quantitative estimate of drug-likeness (QED) is 0.811. The summed E-state index contributed by atoms with van der Waals surface area (Å²) in [6.07, 6.45) is 0.382. The zero-order chi connectivity index (χ0) is 18.8. The third-order valence-corrected chi connectivity index (χ3v) is 5.34. The molecule has 0 saturated carbocycles. The van der Waals surface area contributed by atoms with Gasteiger partial charge in [-0.2, -0.15) is 0 Å². The zero-order valence-electron chi connectivity index (χ0n) is 15.4. The molecule has 0 aromatic heterocycles. The van der Waals surface area contributed by atoms with Crippen molar-refractivity contribution in [2.75, 3.05) is 44.3 Å². The van der Waals surface area contributed by atoms with Gasteiger partial charge < -0.3 is 19.3 Å². The number of hydrogen-bond acceptors (Lipinski definition) is 4. The number of carbonyl (C=O) groups is 1. The highest BCUT2D eigenvalue weighted by Gasteiger charge is 2.23. The molecule has 1 fully saturated rings. The van der Waals surface area contributed by atoms with Crippen LogP contribution >= 0.6 is 11.6 Å². The Morgan fingerprint density at radius 3 is 2.52 bits per heavy atom. The summed E-state index contributed by atoms with van der Waals surface area (Å²) in [6, 6.07) is 11.7. The van der Waals surface area contributed by atoms with Crippen LogP contribution in [-0.2, 0) is 11.2 Å². The molecule has 2 aliphatic rings. The predicted molar refractivity (Wildman–Crippen MR) is 106 cm³/mol. The van der Waals surface area contributed by atoms with Gasteiger partial charge in [0, 0.05) is 36.9 Å². The van der Waals surface area contributed by atoms with Crippen LogP contribution in [0.2, 0.25) is 5.02 Å². The molecule has 4 rings (SSSR count). The van der Waals surface area contributed by atoms with E-state index in [0.717, 1.165) is 54.0 Å². The highest BCUT2D eigenvalue weighted by Crippen LogP contribution is 2.31. The normalized spacial score (nSPS) is 16.4. The van der Waals surface area contributed by atoms with Crippen LogP contribution < -0.4 is 14.4 Å². The molecule has 0 atom stereocenters. The minimum atomic E-state index is 0.147. The molecule has 0 aliphatic carbocycles. The van der Waals surface area contributed by atoms with Gasteiger partial charge in [0.2, 0.25) is 5.91 Å². The number of carbonyl (C=O) groups excluding carboxylic acids is 1. The first-order chi connectivity index (χ1) is 13.1. The molecule has 27 heavy (non-hydrogen) atoms. The molecule has 0 unspecified atom stereocenters. The minimum Gasteiger partial charge on any atom is -0.486 e. The van der Waals surface area contributed by atoms with Crippen LogP contribution in [0.4, 0.5) is 5.69 Å². The van der Waals surface area contributed by atoms with Crippen molar-refractivity contribution in [1.29, 1.82) is 0 Å². The lowest BCUT2D eigenvalue weighted by Gasteiger charge is -2.37. The standard InChI is InChI=1S/C21H23ClN2O3/c1-15-2-4-17(22)14-18(15)23-6-8-24(9-7-23)21(25)13-16-3-5-19-20(12-16)27-11-10-26-19/h2-5,12,14H,6-11,13H2,1H3. The fraction of sp³-hybridized carbons (Fsp3) is 0.381. The maximum Gasteiger partial charge on any atom is 0.227 e. The van der Waals surface area contributed by atoms with E-state index < -0.39 is 0 Å². The van der Waals surface area contributed by atoms with Crippen LogP contribution in [-0.4, -0.2) is 50.2 Å². The summed E-state index contributed by atoms with van der Waals surface area (Å²) in [6.45, 7) is 6.27. The summed E-state index contributed by atoms with van der Waals surface area (Å²) in [4.78, 5) is 17.0. The van der Waals surface area contributed by atoms with Crippen molar-refractivity contribution in [2.45, 2.75) is 13.3 Å². The van der Waals surface area contributed by atoms with Gasteiger partial charge in [0.05, 0.1) is 6.42 Å². The van der Waals surface area contributed by atoms with Gasteiger partial charge in [-0.25, -0.2) is 0 Å². The molecule has 2 heterocycles. The Balaban J connectivity index is 1.37. The molecule has 2 aliphatic heterocycles. The smallest absolute Gasteiger partial charge is 0.227 e. The molecule has 5 nitrogen and oxygen atoms in total. The number of hydrogen-bond donors (Lipinski definition) is 0. The first kappa shape index (κ1) is 18.0. The van der Waals surface area contributed by atoms with Gasteiger partial charge in [-0.1, -0.05) is 23.7 Å². The second kappa shape index (κ2) is 7.69. The monoisotopic (exact) mass is 386 g/mol. The summed E-state index contributed by atoms with van der Waals surface area (Å²) in [5.41, 5.74) is 3.31. The number of rotatable bonds is 3. The van der Waals surface area contributed by atoms with E-state index in [4.69, 9.17) is 21.1 Å². The zero-order valence-corrected chi connectivity index (χ0v) is 16.2. The summed E-state index contributed by atoms with van der Waals surface area (Å²) >= 11 is 6.15. The van der Waals surface area contributed by atoms with Crippen molar-refractivity contribution in [1.82, 2.24) is 4.90 Å². The first-order valence-corrected chi connectivity index (χ1v) is 9.65. The minimum absolute atomic E-state index is 0.147. The van der Waals surface area contributed by atoms with Crippen molar-refractivity contribution in [3.8, 4) is 11.5 Å². The van der Waals surface area contributed by atoms with Gasteiger partial charge in [-0.3, -0.25) is 4.79 Å². The van der Waals surface area contributed by atoms with Crippen LogP contribution in [0.25, 0.3) is 0 Å². The fourth-order valence-electron chi connectivity index (χ4n) is 3.60. The molecule has 1 saturated heterocycles. The second-order valence-corrected chi connectivity index (χ2v) is 7.39. The van der Waals surface area contributed by atoms with E-state index in [0.29, 0.717) is 19.6 Å². The lowest BCUT2D eigenvalue weighted by atomic mass is 10.1. The van der Waals surface area contributed by atoms with Gasteiger partial charge in [-0.15, -0.1) is 0 Å². The molecular formula is C21H23ClN2O3. The van der Waals surface area contributed by atoms with Crippen LogP contribution in [0.5, 0.6) is 11.5 Å². The van der Waals surface area contributed by atoms with Crippen LogP contribution in [0, 0.1) is 6.92 Å². The maximum absolute atomic E-state index is 12.7. The lowest BCUT2D eigenvalue weighted by molar-refractivity contribution is -0.130. The summed E-state index contributed by atoms with van der Waals surface area (Å²) in [7, 11) is 0. The molecule has 0 radical (unpaired) electrons. The van der Waals surface area contributed by atoms with Crippen molar-refractivity contribution >= 4 is 23.2 Å². The number of aryl methyl sites for hydroxylation is 1. The van der Waals surface area contributed by atoms with Gasteiger partial charge in [0.25, 0.3) is 0 Å². The molecule has 2 aromatic rings. The molecule has 2 aromatic carbocycles. The van der Waals surface area contributed by atoms with Crippen molar-refractivity contribution in [2.24, 2.45) is 0 Å². The molecular weight excluding hydrogens is 364 g/mol. The Hall–Kier alpha value is -2.40. The highest BCUT2D eigenvalue weighted by molar-refractivity contribution is 6.30. The third kappa shape index (κ3) is 3.98.